The summed E-state index contributed by atoms with van der Waals surface area (Å²) in [6, 6.07) is 7.23. The quantitative estimate of drug-likeness (QED) is 0.755. The fraction of sp³-hybridized carbons (Fsp3) is 0.550. The van der Waals surface area contributed by atoms with E-state index < -0.39 is 11.9 Å². The average molecular weight is 393 g/mol. The van der Waals surface area contributed by atoms with Gasteiger partial charge in [-0.25, -0.2) is 0 Å². The lowest BCUT2D eigenvalue weighted by atomic mass is 10.1. The highest BCUT2D eigenvalue weighted by Gasteiger charge is 2.39. The number of carbonyl (C=O) groups excluding carboxylic acids is 3. The number of halogens is 1. The van der Waals surface area contributed by atoms with Crippen LogP contribution in [0.5, 0.6) is 0 Å². The molecule has 0 radical (unpaired) electrons. The zero-order valence-corrected chi connectivity index (χ0v) is 16.2. The molecule has 6 nitrogen and oxygen atoms in total. The van der Waals surface area contributed by atoms with Crippen LogP contribution in [0.2, 0.25) is 5.02 Å². The molecule has 0 unspecified atom stereocenters. The van der Waals surface area contributed by atoms with Crippen LogP contribution in [-0.2, 0) is 19.1 Å². The number of carbonyl (C=O) groups is 3. The number of nitrogens with zero attached hydrogens (tertiary/aromatic N) is 1. The Kier molecular flexibility index (Phi) is 6.37. The molecule has 3 rings (SSSR count). The molecule has 1 aliphatic heterocycles. The van der Waals surface area contributed by atoms with Crippen molar-refractivity contribution < 1.29 is 19.1 Å². The van der Waals surface area contributed by atoms with E-state index in [1.165, 1.54) is 0 Å². The molecule has 2 atom stereocenters. The molecule has 1 aromatic carbocycles. The molecule has 2 fully saturated rings. The third-order valence-corrected chi connectivity index (χ3v) is 5.56. The first kappa shape index (κ1) is 19.7. The van der Waals surface area contributed by atoms with Crippen LogP contribution in [0.1, 0.15) is 50.6 Å². The maximum Gasteiger partial charge on any atom is 0.311 e. The maximum absolute atomic E-state index is 12.3. The van der Waals surface area contributed by atoms with Gasteiger partial charge in [0.25, 0.3) is 5.91 Å². The van der Waals surface area contributed by atoms with Gasteiger partial charge in [-0.15, -0.1) is 0 Å². The molecule has 1 N–H and O–H groups in total. The summed E-state index contributed by atoms with van der Waals surface area (Å²) in [6.45, 7) is 1.89. The van der Waals surface area contributed by atoms with Crippen molar-refractivity contribution >= 4 is 29.4 Å². The summed E-state index contributed by atoms with van der Waals surface area (Å²) in [5.74, 6) is -1.32. The molecule has 0 spiro atoms. The normalized spacial score (nSPS) is 21.3. The molecular weight excluding hydrogens is 368 g/mol. The number of rotatable bonds is 6. The van der Waals surface area contributed by atoms with Crippen molar-refractivity contribution in [3.05, 3.63) is 34.9 Å². The van der Waals surface area contributed by atoms with Gasteiger partial charge in [-0.3, -0.25) is 14.4 Å². The van der Waals surface area contributed by atoms with E-state index in [-0.39, 0.29) is 36.9 Å². The van der Waals surface area contributed by atoms with Crippen molar-refractivity contribution in [3.8, 4) is 0 Å². The predicted octanol–water partition coefficient (Wildman–Crippen LogP) is 2.85. The smallest absolute Gasteiger partial charge is 0.311 e. The summed E-state index contributed by atoms with van der Waals surface area (Å²) in [5.41, 5.74) is 0.871. The Bertz CT molecular complexity index is 718. The van der Waals surface area contributed by atoms with Gasteiger partial charge in [0.2, 0.25) is 5.91 Å². The van der Waals surface area contributed by atoms with Gasteiger partial charge in [-0.1, -0.05) is 36.6 Å². The van der Waals surface area contributed by atoms with Gasteiger partial charge in [0.05, 0.1) is 12.0 Å². The van der Waals surface area contributed by atoms with E-state index in [1.807, 2.05) is 24.0 Å². The molecule has 1 aromatic rings. The second kappa shape index (κ2) is 8.74. The molecule has 146 valence electrons. The third-order valence-electron chi connectivity index (χ3n) is 5.33. The van der Waals surface area contributed by atoms with Gasteiger partial charge in [0, 0.05) is 24.0 Å². The van der Waals surface area contributed by atoms with Crippen molar-refractivity contribution in [1.29, 1.82) is 0 Å². The van der Waals surface area contributed by atoms with Crippen molar-refractivity contribution in [2.24, 2.45) is 5.92 Å². The van der Waals surface area contributed by atoms with E-state index in [0.717, 1.165) is 31.2 Å². The van der Waals surface area contributed by atoms with Gasteiger partial charge < -0.3 is 15.0 Å². The number of hydrogen-bond donors (Lipinski definition) is 1. The predicted molar refractivity (Wildman–Crippen MR) is 101 cm³/mol. The highest BCUT2D eigenvalue weighted by atomic mass is 35.5. The van der Waals surface area contributed by atoms with Crippen LogP contribution in [0.4, 0.5) is 0 Å². The van der Waals surface area contributed by atoms with E-state index in [4.69, 9.17) is 16.3 Å². The maximum atomic E-state index is 12.3. The Morgan fingerprint density at radius 2 is 2.07 bits per heavy atom. The third kappa shape index (κ3) is 5.01. The lowest BCUT2D eigenvalue weighted by molar-refractivity contribution is -0.152. The first-order chi connectivity index (χ1) is 12.9. The van der Waals surface area contributed by atoms with E-state index in [0.29, 0.717) is 11.6 Å². The molecular formula is C20H25ClN2O4. The van der Waals surface area contributed by atoms with Crippen LogP contribution in [0, 0.1) is 5.92 Å². The molecule has 2 amide bonds. The molecule has 1 saturated carbocycles. The minimum atomic E-state index is -0.477. The number of benzene rings is 1. The largest absolute Gasteiger partial charge is 0.455 e. The molecule has 1 heterocycles. The number of esters is 1. The number of hydrogen-bond acceptors (Lipinski definition) is 4. The standard InChI is InChI=1S/C20H25ClN2O4/c1-13(14-5-4-6-16(21)9-14)22-18(24)12-27-20(26)15-10-19(25)23(11-15)17-7-2-3-8-17/h4-6,9,13,15,17H,2-3,7-8,10-12H2,1H3,(H,22,24)/t13-,15-/m0/s1. The number of nitrogens with one attached hydrogen (secondary N) is 1. The van der Waals surface area contributed by atoms with E-state index in [2.05, 4.69) is 5.32 Å². The minimum Gasteiger partial charge on any atom is -0.455 e. The molecule has 2 aliphatic rings. The molecule has 27 heavy (non-hydrogen) atoms. The Morgan fingerprint density at radius 1 is 1.33 bits per heavy atom. The van der Waals surface area contributed by atoms with Gasteiger partial charge in [0.1, 0.15) is 0 Å². The molecule has 0 bridgehead atoms. The lowest BCUT2D eigenvalue weighted by Gasteiger charge is -2.23. The van der Waals surface area contributed by atoms with Crippen LogP contribution < -0.4 is 5.32 Å². The van der Waals surface area contributed by atoms with Gasteiger partial charge in [0.15, 0.2) is 6.61 Å². The van der Waals surface area contributed by atoms with Crippen molar-refractivity contribution in [1.82, 2.24) is 10.2 Å². The van der Waals surface area contributed by atoms with Crippen LogP contribution in [-0.4, -0.2) is 41.9 Å². The molecule has 7 heteroatoms. The zero-order valence-electron chi connectivity index (χ0n) is 15.4. The summed E-state index contributed by atoms with van der Waals surface area (Å²) in [7, 11) is 0. The molecule has 0 aromatic heterocycles. The first-order valence-corrected chi connectivity index (χ1v) is 9.82. The van der Waals surface area contributed by atoms with E-state index in [9.17, 15) is 14.4 Å². The summed E-state index contributed by atoms with van der Waals surface area (Å²) in [4.78, 5) is 38.3. The fourth-order valence-electron chi connectivity index (χ4n) is 3.86. The summed E-state index contributed by atoms with van der Waals surface area (Å²) in [6.07, 6.45) is 4.47. The van der Waals surface area contributed by atoms with Crippen molar-refractivity contribution in [3.63, 3.8) is 0 Å². The monoisotopic (exact) mass is 392 g/mol. The van der Waals surface area contributed by atoms with Crippen LogP contribution in [0.3, 0.4) is 0 Å². The summed E-state index contributed by atoms with van der Waals surface area (Å²) < 4.78 is 5.15. The first-order valence-electron chi connectivity index (χ1n) is 9.45. The topological polar surface area (TPSA) is 75.7 Å². The Hall–Kier alpha value is -2.08. The van der Waals surface area contributed by atoms with Crippen LogP contribution in [0.25, 0.3) is 0 Å². The highest BCUT2D eigenvalue weighted by Crippen LogP contribution is 2.29. The summed E-state index contributed by atoms with van der Waals surface area (Å²) in [5, 5.41) is 3.37. The van der Waals surface area contributed by atoms with Gasteiger partial charge in [-0.2, -0.15) is 0 Å². The highest BCUT2D eigenvalue weighted by molar-refractivity contribution is 6.30. The SMILES string of the molecule is C[C@H](NC(=O)COC(=O)[C@H]1CC(=O)N(C2CCCC2)C1)c1cccc(Cl)c1. The zero-order chi connectivity index (χ0) is 19.4. The lowest BCUT2D eigenvalue weighted by Crippen LogP contribution is -2.35. The Labute approximate surface area is 164 Å². The van der Waals surface area contributed by atoms with Gasteiger partial charge >= 0.3 is 5.97 Å². The number of likely N-dealkylation sites (tertiary alicyclic amines) is 1. The molecule has 1 saturated heterocycles. The van der Waals surface area contributed by atoms with Gasteiger partial charge in [-0.05, 0) is 37.5 Å². The van der Waals surface area contributed by atoms with E-state index >= 15 is 0 Å². The summed E-state index contributed by atoms with van der Waals surface area (Å²) >= 11 is 5.96. The average Bonchev–Trinajstić information content (AvgIpc) is 3.29. The van der Waals surface area contributed by atoms with E-state index in [1.54, 1.807) is 12.1 Å². The van der Waals surface area contributed by atoms with Crippen molar-refractivity contribution in [2.75, 3.05) is 13.2 Å². The van der Waals surface area contributed by atoms with Crippen LogP contribution >= 0.6 is 11.6 Å². The second-order valence-electron chi connectivity index (χ2n) is 7.34. The molecule has 1 aliphatic carbocycles. The van der Waals surface area contributed by atoms with Crippen LogP contribution in [0.15, 0.2) is 24.3 Å². The fourth-order valence-corrected chi connectivity index (χ4v) is 4.05. The number of amides is 2. The Balaban J connectivity index is 1.44. The second-order valence-corrected chi connectivity index (χ2v) is 7.77. The van der Waals surface area contributed by atoms with Crippen molar-refractivity contribution in [2.45, 2.75) is 51.1 Å². The Morgan fingerprint density at radius 3 is 2.78 bits per heavy atom. The minimum absolute atomic E-state index is 0.0166. The number of ether oxygens (including phenoxy) is 1.